The number of ether oxygens (including phenoxy) is 2. The van der Waals surface area contributed by atoms with Gasteiger partial charge in [0.05, 0.1) is 31.0 Å². The fourth-order valence-corrected chi connectivity index (χ4v) is 4.30. The Kier molecular flexibility index (Phi) is 5.83. The second kappa shape index (κ2) is 8.62. The third-order valence-corrected chi connectivity index (χ3v) is 6.12. The molecule has 0 fully saturated rings. The maximum atomic E-state index is 13.2. The van der Waals surface area contributed by atoms with E-state index in [2.05, 4.69) is 5.10 Å². The number of fused-ring (bicyclic) bond motifs is 1. The third-order valence-electron chi connectivity index (χ3n) is 6.12. The zero-order valence-corrected chi connectivity index (χ0v) is 19.7. The summed E-state index contributed by atoms with van der Waals surface area (Å²) in [6.45, 7) is 4.06. The second-order valence-corrected chi connectivity index (χ2v) is 8.43. The number of allylic oxidation sites excluding steroid dienone is 3. The number of rotatable bonds is 4. The molecule has 0 aromatic heterocycles. The van der Waals surface area contributed by atoms with Gasteiger partial charge in [-0.15, -0.1) is 0 Å². The van der Waals surface area contributed by atoms with E-state index >= 15 is 0 Å². The van der Waals surface area contributed by atoms with Crippen LogP contribution >= 0.6 is 0 Å². The van der Waals surface area contributed by atoms with Crippen LogP contribution in [0.2, 0.25) is 0 Å². The van der Waals surface area contributed by atoms with Crippen molar-refractivity contribution in [2.75, 3.05) is 31.2 Å². The molecule has 0 aliphatic carbocycles. The highest BCUT2D eigenvalue weighted by atomic mass is 16.5. The van der Waals surface area contributed by atoms with Gasteiger partial charge in [-0.25, -0.2) is 9.59 Å². The summed E-state index contributed by atoms with van der Waals surface area (Å²) in [7, 11) is 4.51. The van der Waals surface area contributed by atoms with Gasteiger partial charge < -0.3 is 14.4 Å². The first-order valence-corrected chi connectivity index (χ1v) is 10.7. The average molecular weight is 460 g/mol. The van der Waals surface area contributed by atoms with E-state index < -0.39 is 23.3 Å². The lowest BCUT2D eigenvalue weighted by Crippen LogP contribution is -2.24. The number of benzene rings is 2. The SMILES string of the molecule is COC(=O)C1=NN(c2ccccc2)C(=O)/C1=C\C=C1\N(C)c2ccc(C(=O)OC)cc2C1(C)C. The Bertz CT molecular complexity index is 1270. The minimum absolute atomic E-state index is 0.0582. The molecule has 174 valence electrons. The number of nitrogens with zero attached hydrogens (tertiary/aromatic N) is 3. The van der Waals surface area contributed by atoms with Gasteiger partial charge in [-0.05, 0) is 48.0 Å². The number of esters is 2. The van der Waals surface area contributed by atoms with Gasteiger partial charge in [-0.3, -0.25) is 4.79 Å². The Morgan fingerprint density at radius 1 is 0.971 bits per heavy atom. The lowest BCUT2D eigenvalue weighted by atomic mass is 9.83. The Hall–Kier alpha value is -4.20. The zero-order valence-electron chi connectivity index (χ0n) is 19.7. The largest absolute Gasteiger partial charge is 0.465 e. The molecular formula is C26H25N3O5. The molecule has 0 unspecified atom stereocenters. The van der Waals surface area contributed by atoms with E-state index in [0.717, 1.165) is 16.9 Å². The van der Waals surface area contributed by atoms with Gasteiger partial charge in [0, 0.05) is 23.8 Å². The van der Waals surface area contributed by atoms with Crippen molar-refractivity contribution < 1.29 is 23.9 Å². The number of hydrogen-bond donors (Lipinski definition) is 0. The van der Waals surface area contributed by atoms with Crippen molar-refractivity contribution >= 4 is 34.9 Å². The van der Waals surface area contributed by atoms with Crippen LogP contribution in [0.3, 0.4) is 0 Å². The van der Waals surface area contributed by atoms with E-state index in [4.69, 9.17) is 9.47 Å². The average Bonchev–Trinajstić information content (AvgIpc) is 3.27. The van der Waals surface area contributed by atoms with E-state index in [1.165, 1.54) is 19.2 Å². The van der Waals surface area contributed by atoms with E-state index in [0.29, 0.717) is 11.3 Å². The molecule has 0 N–H and O–H groups in total. The number of para-hydroxylation sites is 1. The summed E-state index contributed by atoms with van der Waals surface area (Å²) in [5, 5.41) is 5.43. The van der Waals surface area contributed by atoms with Crippen molar-refractivity contribution in [1.29, 1.82) is 0 Å². The molecule has 2 aromatic carbocycles. The van der Waals surface area contributed by atoms with Crippen molar-refractivity contribution in [2.45, 2.75) is 19.3 Å². The number of amides is 1. The van der Waals surface area contributed by atoms with Crippen LogP contribution < -0.4 is 9.91 Å². The van der Waals surface area contributed by atoms with Gasteiger partial charge in [0.25, 0.3) is 5.91 Å². The molecule has 34 heavy (non-hydrogen) atoms. The van der Waals surface area contributed by atoms with Gasteiger partial charge in [0.15, 0.2) is 5.71 Å². The summed E-state index contributed by atoms with van der Waals surface area (Å²) in [5.74, 6) is -1.52. The molecule has 8 heteroatoms. The Morgan fingerprint density at radius 3 is 2.29 bits per heavy atom. The topological polar surface area (TPSA) is 88.5 Å². The minimum Gasteiger partial charge on any atom is -0.465 e. The van der Waals surface area contributed by atoms with Crippen molar-refractivity contribution in [3.8, 4) is 0 Å². The molecular weight excluding hydrogens is 434 g/mol. The maximum absolute atomic E-state index is 13.2. The molecule has 0 spiro atoms. The van der Waals surface area contributed by atoms with Crippen LogP contribution in [0.4, 0.5) is 11.4 Å². The quantitative estimate of drug-likeness (QED) is 0.513. The standard InChI is InChI=1S/C26H25N3O5/c1-26(2)19-15-16(24(31)33-4)11-13-20(19)28(3)21(26)14-12-18-22(25(32)34-5)27-29(23(18)30)17-9-7-6-8-10-17/h6-15H,1-5H3/b18-12-,21-14+. The Labute approximate surface area is 197 Å². The molecule has 2 aromatic rings. The van der Waals surface area contributed by atoms with E-state index in [-0.39, 0.29) is 11.3 Å². The Morgan fingerprint density at radius 2 is 1.65 bits per heavy atom. The summed E-state index contributed by atoms with van der Waals surface area (Å²) >= 11 is 0. The van der Waals surface area contributed by atoms with Crippen LogP contribution in [0.25, 0.3) is 0 Å². The number of anilines is 2. The van der Waals surface area contributed by atoms with Crippen molar-refractivity contribution in [1.82, 2.24) is 0 Å². The van der Waals surface area contributed by atoms with Crippen molar-refractivity contribution in [3.05, 3.63) is 83.1 Å². The summed E-state index contributed by atoms with van der Waals surface area (Å²) in [4.78, 5) is 39.6. The van der Waals surface area contributed by atoms with E-state index in [1.807, 2.05) is 44.0 Å². The van der Waals surface area contributed by atoms with Crippen molar-refractivity contribution in [2.24, 2.45) is 5.10 Å². The van der Waals surface area contributed by atoms with Crippen LogP contribution in [0.5, 0.6) is 0 Å². The van der Waals surface area contributed by atoms with Crippen LogP contribution in [0.1, 0.15) is 29.8 Å². The van der Waals surface area contributed by atoms with Gasteiger partial charge in [0.1, 0.15) is 0 Å². The highest BCUT2D eigenvalue weighted by molar-refractivity contribution is 6.53. The predicted octanol–water partition coefficient (Wildman–Crippen LogP) is 3.59. The first-order valence-electron chi connectivity index (χ1n) is 10.7. The molecule has 0 atom stereocenters. The maximum Gasteiger partial charge on any atom is 0.359 e. The van der Waals surface area contributed by atoms with Gasteiger partial charge in [0.2, 0.25) is 0 Å². The van der Waals surface area contributed by atoms with Crippen molar-refractivity contribution in [3.63, 3.8) is 0 Å². The van der Waals surface area contributed by atoms with Gasteiger partial charge in [-0.2, -0.15) is 10.1 Å². The predicted molar refractivity (Wildman–Crippen MR) is 129 cm³/mol. The fraction of sp³-hybridized carbons (Fsp3) is 0.231. The van der Waals surface area contributed by atoms with Crippen LogP contribution in [-0.2, 0) is 24.5 Å². The second-order valence-electron chi connectivity index (χ2n) is 8.43. The molecule has 4 rings (SSSR count). The highest BCUT2D eigenvalue weighted by Crippen LogP contribution is 2.47. The first kappa shape index (κ1) is 23.0. The molecule has 2 aliphatic heterocycles. The molecule has 2 heterocycles. The van der Waals surface area contributed by atoms with E-state index in [9.17, 15) is 14.4 Å². The molecule has 0 saturated carbocycles. The number of carbonyl (C=O) groups is 3. The number of likely N-dealkylation sites (N-methyl/N-ethyl adjacent to an activating group) is 1. The normalized spacial score (nSPS) is 18.9. The number of hydrazone groups is 1. The molecule has 0 bridgehead atoms. The Balaban J connectivity index is 1.75. The smallest absolute Gasteiger partial charge is 0.359 e. The van der Waals surface area contributed by atoms with E-state index in [1.54, 1.807) is 42.5 Å². The van der Waals surface area contributed by atoms with Crippen LogP contribution in [-0.4, -0.2) is 44.8 Å². The third kappa shape index (κ3) is 3.67. The minimum atomic E-state index is -0.693. The summed E-state index contributed by atoms with van der Waals surface area (Å²) in [6, 6.07) is 14.3. The molecule has 0 radical (unpaired) electrons. The molecule has 0 saturated heterocycles. The van der Waals surface area contributed by atoms with Gasteiger partial charge in [-0.1, -0.05) is 32.0 Å². The molecule has 1 amide bonds. The monoisotopic (exact) mass is 459 g/mol. The summed E-state index contributed by atoms with van der Waals surface area (Å²) in [5.41, 5.74) is 3.39. The number of hydrogen-bond acceptors (Lipinski definition) is 7. The lowest BCUT2D eigenvalue weighted by Gasteiger charge is -2.23. The highest BCUT2D eigenvalue weighted by Gasteiger charge is 2.40. The zero-order chi connectivity index (χ0) is 24.6. The lowest BCUT2D eigenvalue weighted by molar-refractivity contribution is -0.132. The van der Waals surface area contributed by atoms with Gasteiger partial charge >= 0.3 is 11.9 Å². The first-order chi connectivity index (χ1) is 16.2. The van der Waals surface area contributed by atoms with Crippen LogP contribution in [0.15, 0.2) is 77.1 Å². The fourth-order valence-electron chi connectivity index (χ4n) is 4.30. The summed E-state index contributed by atoms with van der Waals surface area (Å²) in [6.07, 6.45) is 3.40. The number of methoxy groups -OCH3 is 2. The molecule has 8 nitrogen and oxygen atoms in total. The summed E-state index contributed by atoms with van der Waals surface area (Å²) < 4.78 is 9.72. The van der Waals surface area contributed by atoms with Crippen LogP contribution in [0, 0.1) is 0 Å². The number of carbonyl (C=O) groups excluding carboxylic acids is 3. The molecule has 2 aliphatic rings.